The number of hydrogen-bond donors (Lipinski definition) is 1. The molecule has 1 atom stereocenters. The first-order valence-electron chi connectivity index (χ1n) is 6.38. The standard InChI is InChI=1S/C16H17F2NS/c1-10-4-3-5-12(8-10)20-9-14(19)13-7-6-11(2)15(17)16(13)18/h3-8,14H,9,19H2,1-2H3. The largest absolute Gasteiger partial charge is 0.323 e. The molecule has 2 N–H and O–H groups in total. The maximum atomic E-state index is 13.8. The molecule has 0 saturated heterocycles. The normalized spacial score (nSPS) is 12.4. The molecule has 0 aliphatic rings. The fourth-order valence-electron chi connectivity index (χ4n) is 1.93. The number of aryl methyl sites for hydroxylation is 2. The predicted octanol–water partition coefficient (Wildman–Crippen LogP) is 4.37. The van der Waals surface area contributed by atoms with E-state index < -0.39 is 17.7 Å². The molecule has 0 aliphatic carbocycles. The van der Waals surface area contributed by atoms with Crippen molar-refractivity contribution >= 4 is 11.8 Å². The summed E-state index contributed by atoms with van der Waals surface area (Å²) in [7, 11) is 0. The van der Waals surface area contributed by atoms with E-state index in [-0.39, 0.29) is 5.56 Å². The van der Waals surface area contributed by atoms with Crippen LogP contribution in [0.25, 0.3) is 0 Å². The van der Waals surface area contributed by atoms with Crippen molar-refractivity contribution in [1.82, 2.24) is 0 Å². The van der Waals surface area contributed by atoms with Gasteiger partial charge in [-0.1, -0.05) is 29.8 Å². The molecule has 0 bridgehead atoms. The Morgan fingerprint density at radius 3 is 2.55 bits per heavy atom. The first-order valence-corrected chi connectivity index (χ1v) is 7.37. The summed E-state index contributed by atoms with van der Waals surface area (Å²) >= 11 is 1.54. The van der Waals surface area contributed by atoms with Crippen LogP contribution in [-0.4, -0.2) is 5.75 Å². The summed E-state index contributed by atoms with van der Waals surface area (Å²) in [5, 5.41) is 0. The van der Waals surface area contributed by atoms with Crippen molar-refractivity contribution in [2.75, 3.05) is 5.75 Å². The molecule has 0 aromatic heterocycles. The highest BCUT2D eigenvalue weighted by atomic mass is 32.2. The molecule has 4 heteroatoms. The fraction of sp³-hybridized carbons (Fsp3) is 0.250. The highest BCUT2D eigenvalue weighted by Gasteiger charge is 2.16. The van der Waals surface area contributed by atoms with Gasteiger partial charge in [-0.15, -0.1) is 11.8 Å². The Hall–Kier alpha value is -1.39. The monoisotopic (exact) mass is 293 g/mol. The van der Waals surface area contributed by atoms with Crippen LogP contribution in [0.2, 0.25) is 0 Å². The molecule has 1 nitrogen and oxygen atoms in total. The Balaban J connectivity index is 2.09. The summed E-state index contributed by atoms with van der Waals surface area (Å²) in [4.78, 5) is 1.08. The van der Waals surface area contributed by atoms with Gasteiger partial charge in [0.2, 0.25) is 0 Å². The van der Waals surface area contributed by atoms with Crippen molar-refractivity contribution in [2.45, 2.75) is 24.8 Å². The molecular formula is C16H17F2NS. The zero-order valence-corrected chi connectivity index (χ0v) is 12.3. The zero-order chi connectivity index (χ0) is 14.7. The molecule has 0 heterocycles. The van der Waals surface area contributed by atoms with Crippen LogP contribution in [0.4, 0.5) is 8.78 Å². The molecule has 2 aromatic carbocycles. The second kappa shape index (κ2) is 6.37. The van der Waals surface area contributed by atoms with Gasteiger partial charge in [-0.3, -0.25) is 0 Å². The van der Waals surface area contributed by atoms with E-state index in [2.05, 4.69) is 0 Å². The zero-order valence-electron chi connectivity index (χ0n) is 11.5. The summed E-state index contributed by atoms with van der Waals surface area (Å²) in [5.41, 5.74) is 7.66. The van der Waals surface area contributed by atoms with Crippen molar-refractivity contribution in [1.29, 1.82) is 0 Å². The molecule has 20 heavy (non-hydrogen) atoms. The number of benzene rings is 2. The second-order valence-electron chi connectivity index (χ2n) is 4.83. The second-order valence-corrected chi connectivity index (χ2v) is 5.93. The molecule has 1 unspecified atom stereocenters. The first kappa shape index (κ1) is 15.0. The van der Waals surface area contributed by atoms with Crippen LogP contribution in [0.15, 0.2) is 41.3 Å². The fourth-order valence-corrected chi connectivity index (χ4v) is 2.92. The predicted molar refractivity (Wildman–Crippen MR) is 79.9 cm³/mol. The van der Waals surface area contributed by atoms with E-state index in [1.165, 1.54) is 6.92 Å². The summed E-state index contributed by atoms with van der Waals surface area (Å²) in [6.07, 6.45) is 0. The minimum absolute atomic E-state index is 0.230. The van der Waals surface area contributed by atoms with Gasteiger partial charge in [-0.05, 0) is 31.5 Å². The van der Waals surface area contributed by atoms with Crippen molar-refractivity contribution in [2.24, 2.45) is 5.73 Å². The molecule has 2 aromatic rings. The van der Waals surface area contributed by atoms with E-state index in [0.717, 1.165) is 10.5 Å². The maximum absolute atomic E-state index is 13.8. The Morgan fingerprint density at radius 2 is 1.85 bits per heavy atom. The van der Waals surface area contributed by atoms with Gasteiger partial charge in [0.1, 0.15) is 0 Å². The number of hydrogen-bond acceptors (Lipinski definition) is 2. The van der Waals surface area contributed by atoms with Gasteiger partial charge in [0.15, 0.2) is 11.6 Å². The van der Waals surface area contributed by atoms with Crippen LogP contribution < -0.4 is 5.73 Å². The third-order valence-corrected chi connectivity index (χ3v) is 4.24. The lowest BCUT2D eigenvalue weighted by molar-refractivity contribution is 0.488. The Kier molecular flexibility index (Phi) is 4.78. The minimum atomic E-state index is -0.831. The van der Waals surface area contributed by atoms with Crippen LogP contribution >= 0.6 is 11.8 Å². The van der Waals surface area contributed by atoms with Crippen LogP contribution in [-0.2, 0) is 0 Å². The number of nitrogens with two attached hydrogens (primary N) is 1. The molecule has 106 valence electrons. The number of thioether (sulfide) groups is 1. The lowest BCUT2D eigenvalue weighted by Crippen LogP contribution is -2.15. The SMILES string of the molecule is Cc1cccc(SCC(N)c2ccc(C)c(F)c2F)c1. The van der Waals surface area contributed by atoms with E-state index in [0.29, 0.717) is 11.3 Å². The molecular weight excluding hydrogens is 276 g/mol. The van der Waals surface area contributed by atoms with Gasteiger partial charge < -0.3 is 5.73 Å². The Morgan fingerprint density at radius 1 is 1.10 bits per heavy atom. The molecule has 0 spiro atoms. The topological polar surface area (TPSA) is 26.0 Å². The van der Waals surface area contributed by atoms with Crippen molar-refractivity contribution in [3.05, 3.63) is 64.7 Å². The van der Waals surface area contributed by atoms with E-state index >= 15 is 0 Å². The van der Waals surface area contributed by atoms with E-state index in [4.69, 9.17) is 5.73 Å². The molecule has 0 fully saturated rings. The van der Waals surface area contributed by atoms with Gasteiger partial charge in [0.25, 0.3) is 0 Å². The highest BCUT2D eigenvalue weighted by Crippen LogP contribution is 2.27. The number of rotatable bonds is 4. The summed E-state index contributed by atoms with van der Waals surface area (Å²) in [5.74, 6) is -1.14. The van der Waals surface area contributed by atoms with Crippen molar-refractivity contribution < 1.29 is 8.78 Å². The van der Waals surface area contributed by atoms with Gasteiger partial charge in [0.05, 0.1) is 0 Å². The average molecular weight is 293 g/mol. The van der Waals surface area contributed by atoms with Crippen LogP contribution in [0.1, 0.15) is 22.7 Å². The quantitative estimate of drug-likeness (QED) is 0.847. The third-order valence-electron chi connectivity index (χ3n) is 3.12. The van der Waals surface area contributed by atoms with Gasteiger partial charge >= 0.3 is 0 Å². The van der Waals surface area contributed by atoms with Crippen LogP contribution in [0, 0.1) is 25.5 Å². The minimum Gasteiger partial charge on any atom is -0.323 e. The smallest absolute Gasteiger partial charge is 0.163 e. The lowest BCUT2D eigenvalue weighted by atomic mass is 10.1. The first-order chi connectivity index (χ1) is 9.49. The molecule has 0 radical (unpaired) electrons. The maximum Gasteiger partial charge on any atom is 0.163 e. The third kappa shape index (κ3) is 3.38. The van der Waals surface area contributed by atoms with E-state index in [1.807, 2.05) is 31.2 Å². The van der Waals surface area contributed by atoms with Gasteiger partial charge in [-0.2, -0.15) is 0 Å². The molecule has 2 rings (SSSR count). The highest BCUT2D eigenvalue weighted by molar-refractivity contribution is 7.99. The van der Waals surface area contributed by atoms with Crippen LogP contribution in [0.5, 0.6) is 0 Å². The molecule has 0 amide bonds. The average Bonchev–Trinajstić information content (AvgIpc) is 2.42. The van der Waals surface area contributed by atoms with Gasteiger partial charge in [0, 0.05) is 22.3 Å². The van der Waals surface area contributed by atoms with Crippen molar-refractivity contribution in [3.63, 3.8) is 0 Å². The Labute approximate surface area is 122 Å². The van der Waals surface area contributed by atoms with Gasteiger partial charge in [-0.25, -0.2) is 8.78 Å². The molecule has 0 saturated carbocycles. The number of halogens is 2. The molecule has 0 aliphatic heterocycles. The Bertz CT molecular complexity index is 613. The van der Waals surface area contributed by atoms with E-state index in [9.17, 15) is 8.78 Å². The lowest BCUT2D eigenvalue weighted by Gasteiger charge is -2.14. The van der Waals surface area contributed by atoms with E-state index in [1.54, 1.807) is 23.9 Å². The summed E-state index contributed by atoms with van der Waals surface area (Å²) in [6, 6.07) is 10.6. The van der Waals surface area contributed by atoms with Crippen LogP contribution in [0.3, 0.4) is 0 Å². The summed E-state index contributed by atoms with van der Waals surface area (Å²) in [6.45, 7) is 3.55. The van der Waals surface area contributed by atoms with Crippen molar-refractivity contribution in [3.8, 4) is 0 Å². The summed E-state index contributed by atoms with van der Waals surface area (Å²) < 4.78 is 27.4.